The topological polar surface area (TPSA) is 24.9 Å². The van der Waals surface area contributed by atoms with Gasteiger partial charge in [-0.2, -0.15) is 0 Å². The fraction of sp³-hybridized carbons (Fsp3) is 0.545. The van der Waals surface area contributed by atoms with Gasteiger partial charge >= 0.3 is 0 Å². The van der Waals surface area contributed by atoms with Crippen LogP contribution in [-0.4, -0.2) is 12.0 Å². The predicted molar refractivity (Wildman–Crippen MR) is 55.8 cm³/mol. The van der Waals surface area contributed by atoms with Crippen molar-refractivity contribution in [3.63, 3.8) is 0 Å². The standard InChI is InChI=1S/C11H18N2/c1-5-11(12-4)10-7-6-8(2)13-9(10)3/h6-7,11-12H,5H2,1-4H3. The minimum absolute atomic E-state index is 0.438. The first-order chi connectivity index (χ1) is 6.19. The first kappa shape index (κ1) is 10.2. The van der Waals surface area contributed by atoms with E-state index in [2.05, 4.69) is 36.3 Å². The van der Waals surface area contributed by atoms with Crippen LogP contribution in [0.25, 0.3) is 0 Å². The van der Waals surface area contributed by atoms with E-state index in [1.54, 1.807) is 0 Å². The average Bonchev–Trinajstić information content (AvgIpc) is 2.10. The number of aromatic nitrogens is 1. The summed E-state index contributed by atoms with van der Waals surface area (Å²) < 4.78 is 0. The molecule has 0 aromatic carbocycles. The molecule has 1 unspecified atom stereocenters. The van der Waals surface area contributed by atoms with E-state index in [1.165, 1.54) is 5.56 Å². The van der Waals surface area contributed by atoms with E-state index in [0.29, 0.717) is 6.04 Å². The van der Waals surface area contributed by atoms with E-state index in [0.717, 1.165) is 17.8 Å². The minimum atomic E-state index is 0.438. The van der Waals surface area contributed by atoms with Gasteiger partial charge in [-0.05, 0) is 38.9 Å². The Bertz CT molecular complexity index is 277. The van der Waals surface area contributed by atoms with Crippen LogP contribution in [0.1, 0.15) is 36.3 Å². The maximum Gasteiger partial charge on any atom is 0.0423 e. The average molecular weight is 178 g/mol. The van der Waals surface area contributed by atoms with Gasteiger partial charge in [0, 0.05) is 17.4 Å². The second-order valence-electron chi connectivity index (χ2n) is 3.38. The first-order valence-corrected chi connectivity index (χ1v) is 4.80. The number of nitrogens with zero attached hydrogens (tertiary/aromatic N) is 1. The van der Waals surface area contributed by atoms with Gasteiger partial charge in [-0.25, -0.2) is 0 Å². The summed E-state index contributed by atoms with van der Waals surface area (Å²) in [6, 6.07) is 4.68. The summed E-state index contributed by atoms with van der Waals surface area (Å²) in [6.45, 7) is 6.28. The van der Waals surface area contributed by atoms with Crippen molar-refractivity contribution in [1.29, 1.82) is 0 Å². The molecule has 13 heavy (non-hydrogen) atoms. The lowest BCUT2D eigenvalue weighted by Gasteiger charge is -2.16. The molecular formula is C11H18N2. The maximum absolute atomic E-state index is 4.45. The SMILES string of the molecule is CCC(NC)c1ccc(C)nc1C. The lowest BCUT2D eigenvalue weighted by atomic mass is 10.0. The van der Waals surface area contributed by atoms with Crippen LogP contribution in [0.5, 0.6) is 0 Å². The van der Waals surface area contributed by atoms with Gasteiger partial charge in [-0.3, -0.25) is 4.98 Å². The molecule has 1 atom stereocenters. The van der Waals surface area contributed by atoms with Crippen molar-refractivity contribution in [3.8, 4) is 0 Å². The Morgan fingerprint density at radius 1 is 1.38 bits per heavy atom. The molecule has 2 heteroatoms. The predicted octanol–water partition coefficient (Wildman–Crippen LogP) is 2.37. The summed E-state index contributed by atoms with van der Waals surface area (Å²) in [5, 5.41) is 3.29. The van der Waals surface area contributed by atoms with Gasteiger partial charge in [-0.15, -0.1) is 0 Å². The maximum atomic E-state index is 4.45. The van der Waals surface area contributed by atoms with E-state index < -0.39 is 0 Å². The fourth-order valence-corrected chi connectivity index (χ4v) is 1.65. The highest BCUT2D eigenvalue weighted by Crippen LogP contribution is 2.18. The van der Waals surface area contributed by atoms with E-state index in [9.17, 15) is 0 Å². The molecule has 0 saturated carbocycles. The minimum Gasteiger partial charge on any atom is -0.313 e. The zero-order chi connectivity index (χ0) is 9.84. The summed E-state index contributed by atoms with van der Waals surface area (Å²) in [5.74, 6) is 0. The van der Waals surface area contributed by atoms with E-state index >= 15 is 0 Å². The van der Waals surface area contributed by atoms with Crippen LogP contribution in [0.3, 0.4) is 0 Å². The third-order valence-corrected chi connectivity index (χ3v) is 2.40. The van der Waals surface area contributed by atoms with Crippen LogP contribution in [-0.2, 0) is 0 Å². The molecule has 0 spiro atoms. The molecule has 0 aliphatic heterocycles. The molecule has 0 fully saturated rings. The van der Waals surface area contributed by atoms with Crippen LogP contribution in [0.15, 0.2) is 12.1 Å². The molecule has 1 aromatic heterocycles. The molecule has 1 N–H and O–H groups in total. The van der Waals surface area contributed by atoms with E-state index in [1.807, 2.05) is 14.0 Å². The van der Waals surface area contributed by atoms with Crippen molar-refractivity contribution >= 4 is 0 Å². The van der Waals surface area contributed by atoms with Gasteiger partial charge in [0.1, 0.15) is 0 Å². The lowest BCUT2D eigenvalue weighted by molar-refractivity contribution is 0.571. The van der Waals surface area contributed by atoms with Gasteiger partial charge in [0.15, 0.2) is 0 Å². The van der Waals surface area contributed by atoms with E-state index in [4.69, 9.17) is 0 Å². The molecule has 1 heterocycles. The highest BCUT2D eigenvalue weighted by atomic mass is 14.9. The first-order valence-electron chi connectivity index (χ1n) is 4.80. The Kier molecular flexibility index (Phi) is 3.43. The number of hydrogen-bond donors (Lipinski definition) is 1. The normalized spacial score (nSPS) is 12.9. The fourth-order valence-electron chi connectivity index (χ4n) is 1.65. The van der Waals surface area contributed by atoms with Gasteiger partial charge in [-0.1, -0.05) is 13.0 Å². The van der Waals surface area contributed by atoms with Crippen molar-refractivity contribution < 1.29 is 0 Å². The van der Waals surface area contributed by atoms with Crippen molar-refractivity contribution in [1.82, 2.24) is 10.3 Å². The van der Waals surface area contributed by atoms with Gasteiger partial charge in [0.25, 0.3) is 0 Å². The summed E-state index contributed by atoms with van der Waals surface area (Å²) in [4.78, 5) is 4.45. The molecule has 0 radical (unpaired) electrons. The van der Waals surface area contributed by atoms with Crippen LogP contribution in [0.4, 0.5) is 0 Å². The molecular weight excluding hydrogens is 160 g/mol. The summed E-state index contributed by atoms with van der Waals surface area (Å²) in [7, 11) is 1.99. The van der Waals surface area contributed by atoms with Crippen molar-refractivity contribution in [3.05, 3.63) is 29.1 Å². The monoisotopic (exact) mass is 178 g/mol. The number of pyridine rings is 1. The molecule has 0 aliphatic carbocycles. The zero-order valence-electron chi connectivity index (χ0n) is 8.89. The number of aryl methyl sites for hydroxylation is 2. The Hall–Kier alpha value is -0.890. The highest BCUT2D eigenvalue weighted by molar-refractivity contribution is 5.24. The second-order valence-corrected chi connectivity index (χ2v) is 3.38. The summed E-state index contributed by atoms with van der Waals surface area (Å²) >= 11 is 0. The third kappa shape index (κ3) is 2.28. The van der Waals surface area contributed by atoms with Crippen LogP contribution in [0, 0.1) is 13.8 Å². The number of rotatable bonds is 3. The Labute approximate surface area is 80.4 Å². The van der Waals surface area contributed by atoms with Crippen LogP contribution in [0.2, 0.25) is 0 Å². The van der Waals surface area contributed by atoms with Gasteiger partial charge in [0.2, 0.25) is 0 Å². The van der Waals surface area contributed by atoms with Crippen LogP contribution < -0.4 is 5.32 Å². The van der Waals surface area contributed by atoms with Crippen LogP contribution >= 0.6 is 0 Å². The second kappa shape index (κ2) is 4.38. The molecule has 0 bridgehead atoms. The van der Waals surface area contributed by atoms with Crippen molar-refractivity contribution in [2.24, 2.45) is 0 Å². The molecule has 0 amide bonds. The molecule has 0 aliphatic rings. The molecule has 2 nitrogen and oxygen atoms in total. The largest absolute Gasteiger partial charge is 0.313 e. The Morgan fingerprint density at radius 3 is 2.54 bits per heavy atom. The highest BCUT2D eigenvalue weighted by Gasteiger charge is 2.09. The summed E-state index contributed by atoms with van der Waals surface area (Å²) in [5.41, 5.74) is 3.55. The van der Waals surface area contributed by atoms with Crippen molar-refractivity contribution in [2.75, 3.05) is 7.05 Å². The Morgan fingerprint density at radius 2 is 2.08 bits per heavy atom. The lowest BCUT2D eigenvalue weighted by Crippen LogP contribution is -2.16. The van der Waals surface area contributed by atoms with Crippen molar-refractivity contribution in [2.45, 2.75) is 33.2 Å². The zero-order valence-corrected chi connectivity index (χ0v) is 8.89. The molecule has 72 valence electrons. The molecule has 1 aromatic rings. The number of hydrogen-bond acceptors (Lipinski definition) is 2. The van der Waals surface area contributed by atoms with Gasteiger partial charge in [0.05, 0.1) is 0 Å². The molecule has 1 rings (SSSR count). The smallest absolute Gasteiger partial charge is 0.0423 e. The van der Waals surface area contributed by atoms with E-state index in [-0.39, 0.29) is 0 Å². The summed E-state index contributed by atoms with van der Waals surface area (Å²) in [6.07, 6.45) is 1.10. The molecule has 0 saturated heterocycles. The Balaban J connectivity index is 2.99. The quantitative estimate of drug-likeness (QED) is 0.768. The van der Waals surface area contributed by atoms with Gasteiger partial charge < -0.3 is 5.32 Å². The number of nitrogens with one attached hydrogen (secondary N) is 1. The third-order valence-electron chi connectivity index (χ3n) is 2.40.